The maximum atomic E-state index is 11.6. The number of carbonyl (C=O) groups is 1. The number of hydrogen-bond acceptors (Lipinski definition) is 3. The molecule has 1 aliphatic carbocycles. The quantitative estimate of drug-likeness (QED) is 0.877. The molecule has 4 heteroatoms. The van der Waals surface area contributed by atoms with Crippen LogP contribution in [0.1, 0.15) is 37.4 Å². The van der Waals surface area contributed by atoms with E-state index in [4.69, 9.17) is 4.74 Å². The number of esters is 1. The van der Waals surface area contributed by atoms with Crippen molar-refractivity contribution in [3.63, 3.8) is 0 Å². The number of rotatable bonds is 3. The molecule has 0 atom stereocenters. The molecule has 1 aromatic carbocycles. The van der Waals surface area contributed by atoms with Gasteiger partial charge in [-0.25, -0.2) is 4.98 Å². The summed E-state index contributed by atoms with van der Waals surface area (Å²) in [6, 6.07) is 10.2. The van der Waals surface area contributed by atoms with Crippen molar-refractivity contribution < 1.29 is 9.53 Å². The normalized spacial score (nSPS) is 22.0. The first-order chi connectivity index (χ1) is 10.3. The fraction of sp³-hybridized carbons (Fsp3) is 0.412. The molecule has 110 valence electrons. The molecule has 1 fully saturated rings. The van der Waals surface area contributed by atoms with Gasteiger partial charge in [-0.2, -0.15) is 0 Å². The number of H-pyrrole nitrogens is 1. The van der Waals surface area contributed by atoms with Gasteiger partial charge in [-0.05, 0) is 31.2 Å². The van der Waals surface area contributed by atoms with E-state index < -0.39 is 0 Å². The zero-order chi connectivity index (χ0) is 14.7. The van der Waals surface area contributed by atoms with E-state index >= 15 is 0 Å². The van der Waals surface area contributed by atoms with Crippen LogP contribution in [0.4, 0.5) is 0 Å². The molecule has 0 amide bonds. The van der Waals surface area contributed by atoms with Crippen molar-refractivity contribution in [1.29, 1.82) is 0 Å². The first-order valence-corrected chi connectivity index (χ1v) is 7.46. The number of imidazole rings is 1. The lowest BCUT2D eigenvalue weighted by Crippen LogP contribution is -2.22. The molecule has 0 radical (unpaired) electrons. The molecule has 1 saturated carbocycles. The molecule has 3 rings (SSSR count). The topological polar surface area (TPSA) is 55.0 Å². The second kappa shape index (κ2) is 6.12. The Bertz CT molecular complexity index is 598. The zero-order valence-electron chi connectivity index (χ0n) is 12.2. The zero-order valence-corrected chi connectivity index (χ0v) is 12.2. The molecule has 0 aliphatic heterocycles. The lowest BCUT2D eigenvalue weighted by atomic mass is 9.81. The second-order valence-electron chi connectivity index (χ2n) is 5.62. The molecule has 0 spiro atoms. The Hall–Kier alpha value is -2.10. The second-order valence-corrected chi connectivity index (χ2v) is 5.62. The van der Waals surface area contributed by atoms with Crippen LogP contribution in [-0.4, -0.2) is 23.0 Å². The summed E-state index contributed by atoms with van der Waals surface area (Å²) in [6.45, 7) is 0. The predicted octanol–water partition coefficient (Wildman–Crippen LogP) is 3.52. The van der Waals surface area contributed by atoms with Crippen LogP contribution < -0.4 is 0 Å². The van der Waals surface area contributed by atoms with E-state index in [2.05, 4.69) is 22.1 Å². The summed E-state index contributed by atoms with van der Waals surface area (Å²) in [5.41, 5.74) is 2.21. The van der Waals surface area contributed by atoms with Gasteiger partial charge in [-0.15, -0.1) is 0 Å². The number of aromatic nitrogens is 2. The number of methoxy groups -OCH3 is 1. The molecule has 0 saturated heterocycles. The molecular weight excluding hydrogens is 264 g/mol. The number of ether oxygens (including phenoxy) is 1. The Morgan fingerprint density at radius 1 is 1.19 bits per heavy atom. The van der Waals surface area contributed by atoms with Crippen LogP contribution >= 0.6 is 0 Å². The van der Waals surface area contributed by atoms with Gasteiger partial charge in [0.05, 0.1) is 24.9 Å². The number of benzene rings is 1. The van der Waals surface area contributed by atoms with Crippen LogP contribution in [0, 0.1) is 5.92 Å². The summed E-state index contributed by atoms with van der Waals surface area (Å²) in [7, 11) is 1.47. The van der Waals surface area contributed by atoms with Gasteiger partial charge < -0.3 is 9.72 Å². The van der Waals surface area contributed by atoms with Crippen LogP contribution in [0.3, 0.4) is 0 Å². The third-order valence-corrected chi connectivity index (χ3v) is 4.33. The van der Waals surface area contributed by atoms with Crippen LogP contribution in [0.5, 0.6) is 0 Å². The maximum absolute atomic E-state index is 11.6. The molecular formula is C17H20N2O2. The lowest BCUT2D eigenvalue weighted by molar-refractivity contribution is -0.146. The highest BCUT2D eigenvalue weighted by atomic mass is 16.5. The molecule has 0 unspecified atom stereocenters. The van der Waals surface area contributed by atoms with Gasteiger partial charge in [0, 0.05) is 5.92 Å². The average Bonchev–Trinajstić information content (AvgIpc) is 3.05. The summed E-state index contributed by atoms with van der Waals surface area (Å²) < 4.78 is 4.83. The number of aromatic amines is 1. The molecule has 1 heterocycles. The number of hydrogen-bond donors (Lipinski definition) is 1. The SMILES string of the molecule is COC(=O)C1CCC(c2ncc(-c3ccccc3)[nH]2)CC1. The first-order valence-electron chi connectivity index (χ1n) is 7.46. The standard InChI is InChI=1S/C17H20N2O2/c1-21-17(20)14-9-7-13(8-10-14)16-18-11-15(19-16)12-5-3-2-4-6-12/h2-6,11,13-14H,7-10H2,1H3,(H,18,19). The Morgan fingerprint density at radius 2 is 1.90 bits per heavy atom. The molecule has 2 aromatic rings. The van der Waals surface area contributed by atoms with Crippen molar-refractivity contribution in [2.45, 2.75) is 31.6 Å². The van der Waals surface area contributed by atoms with Gasteiger partial charge in [0.2, 0.25) is 0 Å². The summed E-state index contributed by atoms with van der Waals surface area (Å²) in [5.74, 6) is 1.45. The van der Waals surface area contributed by atoms with E-state index in [1.165, 1.54) is 7.11 Å². The van der Waals surface area contributed by atoms with Gasteiger partial charge in [0.1, 0.15) is 5.82 Å². The summed E-state index contributed by atoms with van der Waals surface area (Å²) in [5, 5.41) is 0. The minimum atomic E-state index is -0.0714. The highest BCUT2D eigenvalue weighted by Crippen LogP contribution is 2.35. The van der Waals surface area contributed by atoms with Crippen molar-refractivity contribution in [2.24, 2.45) is 5.92 Å². The predicted molar refractivity (Wildman–Crippen MR) is 80.7 cm³/mol. The molecule has 1 aromatic heterocycles. The Kier molecular flexibility index (Phi) is 4.04. The summed E-state index contributed by atoms with van der Waals surface area (Å²) in [4.78, 5) is 19.5. The van der Waals surface area contributed by atoms with E-state index in [1.807, 2.05) is 24.4 Å². The summed E-state index contributed by atoms with van der Waals surface area (Å²) in [6.07, 6.45) is 5.65. The van der Waals surface area contributed by atoms with Crippen molar-refractivity contribution in [3.8, 4) is 11.3 Å². The van der Waals surface area contributed by atoms with E-state index in [1.54, 1.807) is 0 Å². The Balaban J connectivity index is 1.67. The average molecular weight is 284 g/mol. The fourth-order valence-corrected chi connectivity index (χ4v) is 3.08. The smallest absolute Gasteiger partial charge is 0.308 e. The van der Waals surface area contributed by atoms with Crippen LogP contribution in [0.2, 0.25) is 0 Å². The van der Waals surface area contributed by atoms with Crippen molar-refractivity contribution in [2.75, 3.05) is 7.11 Å². The highest BCUT2D eigenvalue weighted by molar-refractivity contribution is 5.72. The van der Waals surface area contributed by atoms with E-state index in [-0.39, 0.29) is 11.9 Å². The van der Waals surface area contributed by atoms with Crippen molar-refractivity contribution >= 4 is 5.97 Å². The summed E-state index contributed by atoms with van der Waals surface area (Å²) >= 11 is 0. The third-order valence-electron chi connectivity index (χ3n) is 4.33. The lowest BCUT2D eigenvalue weighted by Gasteiger charge is -2.25. The molecule has 1 aliphatic rings. The van der Waals surface area contributed by atoms with Crippen molar-refractivity contribution in [3.05, 3.63) is 42.4 Å². The number of carbonyl (C=O) groups excluding carboxylic acids is 1. The first kappa shape index (κ1) is 13.9. The minimum Gasteiger partial charge on any atom is -0.469 e. The van der Waals surface area contributed by atoms with Crippen LogP contribution in [-0.2, 0) is 9.53 Å². The van der Waals surface area contributed by atoms with Gasteiger partial charge in [-0.3, -0.25) is 4.79 Å². The number of nitrogens with one attached hydrogen (secondary N) is 1. The molecule has 1 N–H and O–H groups in total. The fourth-order valence-electron chi connectivity index (χ4n) is 3.08. The van der Waals surface area contributed by atoms with Crippen molar-refractivity contribution in [1.82, 2.24) is 9.97 Å². The van der Waals surface area contributed by atoms with E-state index in [9.17, 15) is 4.79 Å². The van der Waals surface area contributed by atoms with Gasteiger partial charge in [0.15, 0.2) is 0 Å². The third kappa shape index (κ3) is 2.99. The molecule has 21 heavy (non-hydrogen) atoms. The Labute approximate surface area is 124 Å². The van der Waals surface area contributed by atoms with Gasteiger partial charge in [-0.1, -0.05) is 30.3 Å². The largest absolute Gasteiger partial charge is 0.469 e. The highest BCUT2D eigenvalue weighted by Gasteiger charge is 2.28. The Morgan fingerprint density at radius 3 is 2.57 bits per heavy atom. The van der Waals surface area contributed by atoms with E-state index in [0.717, 1.165) is 42.8 Å². The monoisotopic (exact) mass is 284 g/mol. The maximum Gasteiger partial charge on any atom is 0.308 e. The van der Waals surface area contributed by atoms with Crippen LogP contribution in [0.25, 0.3) is 11.3 Å². The van der Waals surface area contributed by atoms with Crippen LogP contribution in [0.15, 0.2) is 36.5 Å². The molecule has 4 nitrogen and oxygen atoms in total. The molecule has 0 bridgehead atoms. The number of nitrogens with zero attached hydrogens (tertiary/aromatic N) is 1. The van der Waals surface area contributed by atoms with Gasteiger partial charge >= 0.3 is 5.97 Å². The van der Waals surface area contributed by atoms with Gasteiger partial charge in [0.25, 0.3) is 0 Å². The van der Waals surface area contributed by atoms with E-state index in [0.29, 0.717) is 5.92 Å². The minimum absolute atomic E-state index is 0.0646.